The number of hydrogen-bond acceptors (Lipinski definition) is 1. The van der Waals surface area contributed by atoms with Gasteiger partial charge in [0.2, 0.25) is 5.91 Å². The molecule has 0 aliphatic rings. The smallest absolute Gasteiger partial charge is 0.223 e. The molecule has 2 aromatic carbocycles. The van der Waals surface area contributed by atoms with Crippen molar-refractivity contribution in [3.8, 4) is 0 Å². The van der Waals surface area contributed by atoms with E-state index in [1.807, 2.05) is 49.1 Å². The predicted octanol–water partition coefficient (Wildman–Crippen LogP) is 4.20. The van der Waals surface area contributed by atoms with E-state index < -0.39 is 0 Å². The summed E-state index contributed by atoms with van der Waals surface area (Å²) in [6, 6.07) is 16.7. The van der Waals surface area contributed by atoms with Crippen molar-refractivity contribution in [2.75, 3.05) is 0 Å². The van der Waals surface area contributed by atoms with E-state index >= 15 is 0 Å². The maximum Gasteiger partial charge on any atom is 0.223 e. The molecule has 0 aliphatic heterocycles. The number of nitrogens with zero attached hydrogens (tertiary/aromatic N) is 1. The van der Waals surface area contributed by atoms with E-state index in [4.69, 9.17) is 0 Å². The molecule has 0 saturated carbocycles. The number of aryl methyl sites for hydroxylation is 1. The van der Waals surface area contributed by atoms with E-state index in [9.17, 15) is 9.18 Å². The summed E-state index contributed by atoms with van der Waals surface area (Å²) in [4.78, 5) is 14.3. The minimum Gasteiger partial charge on any atom is -0.336 e. The first-order valence-corrected chi connectivity index (χ1v) is 7.64. The molecule has 0 unspecified atom stereocenters. The molecule has 0 N–H and O–H groups in total. The lowest BCUT2D eigenvalue weighted by Gasteiger charge is -2.27. The highest BCUT2D eigenvalue weighted by Crippen LogP contribution is 2.13. The van der Waals surface area contributed by atoms with E-state index in [0.29, 0.717) is 24.9 Å². The molecule has 1 amide bonds. The summed E-state index contributed by atoms with van der Waals surface area (Å²) < 4.78 is 13.6. The molecule has 3 heteroatoms. The number of hydrogen-bond donors (Lipinski definition) is 0. The maximum atomic E-state index is 13.6. The van der Waals surface area contributed by atoms with Crippen molar-refractivity contribution >= 4 is 5.91 Å². The number of carbonyl (C=O) groups is 1. The number of amides is 1. The number of benzene rings is 2. The Hall–Kier alpha value is -2.16. The Bertz CT molecular complexity index is 610. The van der Waals surface area contributed by atoms with Crippen LogP contribution < -0.4 is 0 Å². The third-order valence-electron chi connectivity index (χ3n) is 3.71. The molecule has 2 nitrogen and oxygen atoms in total. The summed E-state index contributed by atoms with van der Waals surface area (Å²) in [5.74, 6) is -0.184. The summed E-state index contributed by atoms with van der Waals surface area (Å²) in [5.41, 5.74) is 1.70. The monoisotopic (exact) mass is 299 g/mol. The Morgan fingerprint density at radius 2 is 1.68 bits per heavy atom. The highest BCUT2D eigenvalue weighted by molar-refractivity contribution is 5.76. The lowest BCUT2D eigenvalue weighted by Crippen LogP contribution is -2.36. The van der Waals surface area contributed by atoms with Crippen LogP contribution in [0.1, 0.15) is 31.4 Å². The first kappa shape index (κ1) is 16.2. The van der Waals surface area contributed by atoms with Gasteiger partial charge in [-0.15, -0.1) is 0 Å². The topological polar surface area (TPSA) is 20.3 Å². The zero-order valence-corrected chi connectivity index (χ0v) is 13.1. The molecule has 2 aromatic rings. The van der Waals surface area contributed by atoms with Gasteiger partial charge in [0.1, 0.15) is 5.82 Å². The predicted molar refractivity (Wildman–Crippen MR) is 86.8 cm³/mol. The molecule has 2 rings (SSSR count). The van der Waals surface area contributed by atoms with E-state index in [0.717, 1.165) is 5.56 Å². The van der Waals surface area contributed by atoms with Crippen LogP contribution in [0.5, 0.6) is 0 Å². The molecule has 0 aliphatic carbocycles. The molecular weight excluding hydrogens is 277 g/mol. The second kappa shape index (κ2) is 7.74. The van der Waals surface area contributed by atoms with Gasteiger partial charge < -0.3 is 4.90 Å². The fraction of sp³-hybridized carbons (Fsp3) is 0.316. The summed E-state index contributed by atoms with van der Waals surface area (Å²) in [5, 5.41) is 0. The Kier molecular flexibility index (Phi) is 5.70. The van der Waals surface area contributed by atoms with Crippen molar-refractivity contribution in [1.29, 1.82) is 0 Å². The first-order valence-electron chi connectivity index (χ1n) is 7.64. The Morgan fingerprint density at radius 3 is 2.32 bits per heavy atom. The lowest BCUT2D eigenvalue weighted by molar-refractivity contribution is -0.133. The van der Waals surface area contributed by atoms with Crippen LogP contribution in [-0.2, 0) is 17.8 Å². The second-order valence-corrected chi connectivity index (χ2v) is 5.69. The van der Waals surface area contributed by atoms with Gasteiger partial charge in [-0.25, -0.2) is 4.39 Å². The molecule has 0 fully saturated rings. The van der Waals surface area contributed by atoms with Gasteiger partial charge in [-0.05, 0) is 37.5 Å². The summed E-state index contributed by atoms with van der Waals surface area (Å²) in [7, 11) is 0. The lowest BCUT2D eigenvalue weighted by atomic mass is 10.1. The maximum absolute atomic E-state index is 13.6. The van der Waals surface area contributed by atoms with Crippen LogP contribution in [0.25, 0.3) is 0 Å². The van der Waals surface area contributed by atoms with Gasteiger partial charge in [0.15, 0.2) is 0 Å². The summed E-state index contributed by atoms with van der Waals surface area (Å²) in [6.45, 7) is 4.60. The van der Waals surface area contributed by atoms with Crippen LogP contribution in [-0.4, -0.2) is 16.8 Å². The van der Waals surface area contributed by atoms with Crippen LogP contribution in [0.15, 0.2) is 54.6 Å². The van der Waals surface area contributed by atoms with Crippen LogP contribution >= 0.6 is 0 Å². The molecule has 116 valence electrons. The zero-order chi connectivity index (χ0) is 15.9. The molecule has 0 atom stereocenters. The third kappa shape index (κ3) is 4.42. The van der Waals surface area contributed by atoms with Gasteiger partial charge in [0.05, 0.1) is 0 Å². The van der Waals surface area contributed by atoms with Gasteiger partial charge in [-0.1, -0.05) is 48.5 Å². The van der Waals surface area contributed by atoms with Crippen molar-refractivity contribution in [3.63, 3.8) is 0 Å². The van der Waals surface area contributed by atoms with E-state index in [-0.39, 0.29) is 17.8 Å². The SMILES string of the molecule is CC(C)N(Cc1ccccc1)C(=O)CCc1ccccc1F. The van der Waals surface area contributed by atoms with Crippen molar-refractivity contribution < 1.29 is 9.18 Å². The van der Waals surface area contributed by atoms with Gasteiger partial charge in [0.25, 0.3) is 0 Å². The Morgan fingerprint density at radius 1 is 1.05 bits per heavy atom. The minimum absolute atomic E-state index is 0.0575. The van der Waals surface area contributed by atoms with Crippen LogP contribution in [0.3, 0.4) is 0 Å². The molecule has 0 bridgehead atoms. The molecule has 0 heterocycles. The molecule has 0 radical (unpaired) electrons. The van der Waals surface area contributed by atoms with Gasteiger partial charge in [-0.2, -0.15) is 0 Å². The van der Waals surface area contributed by atoms with Crippen LogP contribution in [0.2, 0.25) is 0 Å². The summed E-state index contributed by atoms with van der Waals surface area (Å²) in [6.07, 6.45) is 0.759. The van der Waals surface area contributed by atoms with Crippen molar-refractivity contribution in [2.45, 2.75) is 39.3 Å². The van der Waals surface area contributed by atoms with Gasteiger partial charge in [0, 0.05) is 19.0 Å². The van der Waals surface area contributed by atoms with Crippen molar-refractivity contribution in [2.24, 2.45) is 0 Å². The fourth-order valence-corrected chi connectivity index (χ4v) is 2.43. The standard InChI is InChI=1S/C19H22FNO/c1-15(2)21(14-16-8-4-3-5-9-16)19(22)13-12-17-10-6-7-11-18(17)20/h3-11,15H,12-14H2,1-2H3. The number of rotatable bonds is 6. The van der Waals surface area contributed by atoms with E-state index in [1.165, 1.54) is 6.07 Å². The van der Waals surface area contributed by atoms with Crippen LogP contribution in [0.4, 0.5) is 4.39 Å². The molecule has 0 spiro atoms. The quantitative estimate of drug-likeness (QED) is 0.783. The number of halogens is 1. The average molecular weight is 299 g/mol. The molecule has 0 aromatic heterocycles. The Balaban J connectivity index is 2.00. The molecular formula is C19H22FNO. The largest absolute Gasteiger partial charge is 0.336 e. The van der Waals surface area contributed by atoms with Gasteiger partial charge in [-0.3, -0.25) is 4.79 Å². The van der Waals surface area contributed by atoms with E-state index in [1.54, 1.807) is 18.2 Å². The third-order valence-corrected chi connectivity index (χ3v) is 3.71. The second-order valence-electron chi connectivity index (χ2n) is 5.69. The van der Waals surface area contributed by atoms with Crippen molar-refractivity contribution in [3.05, 3.63) is 71.5 Å². The number of carbonyl (C=O) groups excluding carboxylic acids is 1. The minimum atomic E-state index is -0.241. The highest BCUT2D eigenvalue weighted by Gasteiger charge is 2.17. The highest BCUT2D eigenvalue weighted by atomic mass is 19.1. The van der Waals surface area contributed by atoms with E-state index in [2.05, 4.69) is 0 Å². The Labute approximate surface area is 131 Å². The van der Waals surface area contributed by atoms with Crippen molar-refractivity contribution in [1.82, 2.24) is 4.90 Å². The van der Waals surface area contributed by atoms with Gasteiger partial charge >= 0.3 is 0 Å². The first-order chi connectivity index (χ1) is 10.6. The molecule has 22 heavy (non-hydrogen) atoms. The molecule has 0 saturated heterocycles. The normalized spacial score (nSPS) is 10.7. The van der Waals surface area contributed by atoms with Crippen LogP contribution in [0, 0.1) is 5.82 Å². The average Bonchev–Trinajstić information content (AvgIpc) is 2.52. The summed E-state index contributed by atoms with van der Waals surface area (Å²) >= 11 is 0. The zero-order valence-electron chi connectivity index (χ0n) is 13.1. The fourth-order valence-electron chi connectivity index (χ4n) is 2.43.